The molecule has 0 aliphatic heterocycles. The Morgan fingerprint density at radius 3 is 2.65 bits per heavy atom. The number of carbonyl (C=O) groups is 1. The molecule has 4 nitrogen and oxygen atoms in total. The maximum atomic E-state index is 13.7. The van der Waals surface area contributed by atoms with E-state index in [2.05, 4.69) is 10.4 Å². The zero-order valence-electron chi connectivity index (χ0n) is 12.4. The monoisotopic (exact) mass is 327 g/mol. The van der Waals surface area contributed by atoms with Gasteiger partial charge in [-0.1, -0.05) is 18.2 Å². The molecule has 0 saturated carbocycles. The van der Waals surface area contributed by atoms with Crippen LogP contribution in [-0.2, 0) is 0 Å². The molecule has 6 heteroatoms. The molecule has 0 radical (unpaired) electrons. The Kier molecular flexibility index (Phi) is 4.43. The van der Waals surface area contributed by atoms with Crippen LogP contribution in [-0.4, -0.2) is 21.9 Å². The molecule has 1 heterocycles. The van der Waals surface area contributed by atoms with Crippen LogP contribution in [0.3, 0.4) is 0 Å². The molecule has 1 amide bonds. The van der Waals surface area contributed by atoms with Gasteiger partial charge in [-0.3, -0.25) is 4.79 Å². The molecule has 23 heavy (non-hydrogen) atoms. The number of thioether (sulfide) groups is 1. The lowest BCUT2D eigenvalue weighted by molar-refractivity contribution is 0.102. The summed E-state index contributed by atoms with van der Waals surface area (Å²) in [5.41, 5.74) is 1.53. The SMILES string of the molecule is CSc1ccc(NC(=O)c2ccn(-c3ccccc3)n2)cc1F. The maximum Gasteiger partial charge on any atom is 0.276 e. The molecule has 0 aliphatic carbocycles. The largest absolute Gasteiger partial charge is 0.320 e. The van der Waals surface area contributed by atoms with Crippen LogP contribution in [0, 0.1) is 5.82 Å². The number of hydrogen-bond donors (Lipinski definition) is 1. The van der Waals surface area contributed by atoms with Crippen molar-refractivity contribution in [2.24, 2.45) is 0 Å². The van der Waals surface area contributed by atoms with Crippen LogP contribution in [0.25, 0.3) is 5.69 Å². The number of nitrogens with one attached hydrogen (secondary N) is 1. The van der Waals surface area contributed by atoms with Gasteiger partial charge in [-0.25, -0.2) is 9.07 Å². The van der Waals surface area contributed by atoms with Crippen molar-refractivity contribution in [1.82, 2.24) is 9.78 Å². The van der Waals surface area contributed by atoms with Gasteiger partial charge >= 0.3 is 0 Å². The molecule has 2 aromatic carbocycles. The van der Waals surface area contributed by atoms with Crippen molar-refractivity contribution in [2.45, 2.75) is 4.90 Å². The van der Waals surface area contributed by atoms with Gasteiger partial charge in [-0.05, 0) is 42.7 Å². The lowest BCUT2D eigenvalue weighted by Gasteiger charge is -2.05. The van der Waals surface area contributed by atoms with E-state index in [0.29, 0.717) is 10.6 Å². The van der Waals surface area contributed by atoms with Gasteiger partial charge in [0.05, 0.1) is 5.69 Å². The summed E-state index contributed by atoms with van der Waals surface area (Å²) in [6.07, 6.45) is 3.51. The van der Waals surface area contributed by atoms with Gasteiger partial charge in [0.1, 0.15) is 5.82 Å². The van der Waals surface area contributed by atoms with Crippen molar-refractivity contribution in [3.63, 3.8) is 0 Å². The van der Waals surface area contributed by atoms with Crippen LogP contribution in [0.4, 0.5) is 10.1 Å². The molecule has 3 aromatic rings. The van der Waals surface area contributed by atoms with Crippen LogP contribution in [0.1, 0.15) is 10.5 Å². The maximum absolute atomic E-state index is 13.7. The summed E-state index contributed by atoms with van der Waals surface area (Å²) in [5, 5.41) is 6.89. The van der Waals surface area contributed by atoms with E-state index in [9.17, 15) is 9.18 Å². The Morgan fingerprint density at radius 2 is 1.96 bits per heavy atom. The van der Waals surface area contributed by atoms with Gasteiger partial charge in [0.15, 0.2) is 5.69 Å². The highest BCUT2D eigenvalue weighted by molar-refractivity contribution is 7.98. The highest BCUT2D eigenvalue weighted by Crippen LogP contribution is 2.22. The minimum absolute atomic E-state index is 0.267. The molecule has 0 atom stereocenters. The summed E-state index contributed by atoms with van der Waals surface area (Å²) >= 11 is 1.32. The van der Waals surface area contributed by atoms with E-state index in [-0.39, 0.29) is 17.4 Å². The number of rotatable bonds is 4. The first-order chi connectivity index (χ1) is 11.2. The van der Waals surface area contributed by atoms with Gasteiger partial charge in [0.25, 0.3) is 5.91 Å². The second-order valence-electron chi connectivity index (χ2n) is 4.78. The summed E-state index contributed by atoms with van der Waals surface area (Å²) in [5.74, 6) is -0.735. The molecule has 0 fully saturated rings. The first kappa shape index (κ1) is 15.3. The number of aromatic nitrogens is 2. The predicted molar refractivity (Wildman–Crippen MR) is 89.7 cm³/mol. The van der Waals surface area contributed by atoms with E-state index in [1.165, 1.54) is 17.8 Å². The molecule has 0 unspecified atom stereocenters. The van der Waals surface area contributed by atoms with Gasteiger partial charge < -0.3 is 5.32 Å². The van der Waals surface area contributed by atoms with E-state index >= 15 is 0 Å². The van der Waals surface area contributed by atoms with E-state index in [0.717, 1.165) is 5.69 Å². The minimum Gasteiger partial charge on any atom is -0.320 e. The van der Waals surface area contributed by atoms with E-state index < -0.39 is 0 Å². The van der Waals surface area contributed by atoms with Gasteiger partial charge in [0.2, 0.25) is 0 Å². The summed E-state index contributed by atoms with van der Waals surface area (Å²) in [6, 6.07) is 15.7. The Hall–Kier alpha value is -2.60. The molecule has 0 saturated heterocycles. The highest BCUT2D eigenvalue weighted by Gasteiger charge is 2.11. The fraction of sp³-hybridized carbons (Fsp3) is 0.0588. The van der Waals surface area contributed by atoms with Crippen molar-refractivity contribution < 1.29 is 9.18 Å². The summed E-state index contributed by atoms with van der Waals surface area (Å²) < 4.78 is 15.4. The number of halogens is 1. The second-order valence-corrected chi connectivity index (χ2v) is 5.63. The predicted octanol–water partition coefficient (Wildman–Crippen LogP) is 3.99. The third-order valence-electron chi connectivity index (χ3n) is 3.25. The average molecular weight is 327 g/mol. The number of para-hydroxylation sites is 1. The zero-order valence-corrected chi connectivity index (χ0v) is 13.2. The zero-order chi connectivity index (χ0) is 16.2. The fourth-order valence-corrected chi connectivity index (χ4v) is 2.57. The van der Waals surface area contributed by atoms with Crippen molar-refractivity contribution in [3.05, 3.63) is 72.3 Å². The van der Waals surface area contributed by atoms with E-state index in [4.69, 9.17) is 0 Å². The summed E-state index contributed by atoms with van der Waals surface area (Å²) in [7, 11) is 0. The molecular weight excluding hydrogens is 313 g/mol. The second kappa shape index (κ2) is 6.66. The molecule has 0 bridgehead atoms. The first-order valence-corrected chi connectivity index (χ1v) is 8.16. The van der Waals surface area contributed by atoms with E-state index in [1.807, 2.05) is 30.3 Å². The molecule has 3 rings (SSSR count). The molecule has 0 aliphatic rings. The molecule has 1 N–H and O–H groups in total. The number of amides is 1. The topological polar surface area (TPSA) is 46.9 Å². The molecule has 116 valence electrons. The Bertz CT molecular complexity index is 833. The summed E-state index contributed by atoms with van der Waals surface area (Å²) in [4.78, 5) is 12.7. The number of anilines is 1. The van der Waals surface area contributed by atoms with Crippen LogP contribution < -0.4 is 5.32 Å². The lowest BCUT2D eigenvalue weighted by atomic mass is 10.3. The van der Waals surface area contributed by atoms with Crippen LogP contribution in [0.15, 0.2) is 65.7 Å². The van der Waals surface area contributed by atoms with Crippen LogP contribution >= 0.6 is 11.8 Å². The molecule has 0 spiro atoms. The molecular formula is C17H14FN3OS. The number of benzene rings is 2. The van der Waals surface area contributed by atoms with Crippen molar-refractivity contribution in [1.29, 1.82) is 0 Å². The van der Waals surface area contributed by atoms with Crippen molar-refractivity contribution >= 4 is 23.4 Å². The normalized spacial score (nSPS) is 10.5. The van der Waals surface area contributed by atoms with Crippen molar-refractivity contribution in [2.75, 3.05) is 11.6 Å². The third kappa shape index (κ3) is 3.43. The Labute approximate surface area is 137 Å². The van der Waals surface area contributed by atoms with Gasteiger partial charge in [-0.15, -0.1) is 11.8 Å². The number of carbonyl (C=O) groups excluding carboxylic acids is 1. The standard InChI is InChI=1S/C17H14FN3OS/c1-23-16-8-7-12(11-14(16)18)19-17(22)15-9-10-21(20-15)13-5-3-2-4-6-13/h2-11H,1H3,(H,19,22). The average Bonchev–Trinajstić information content (AvgIpc) is 3.06. The fourth-order valence-electron chi connectivity index (χ4n) is 2.11. The Morgan fingerprint density at radius 1 is 1.17 bits per heavy atom. The van der Waals surface area contributed by atoms with Gasteiger partial charge in [0, 0.05) is 16.8 Å². The number of hydrogen-bond acceptors (Lipinski definition) is 3. The number of nitrogens with zero attached hydrogens (tertiary/aromatic N) is 2. The quantitative estimate of drug-likeness (QED) is 0.737. The minimum atomic E-state index is -0.379. The van der Waals surface area contributed by atoms with E-state index in [1.54, 1.807) is 35.3 Å². The lowest BCUT2D eigenvalue weighted by Crippen LogP contribution is -2.13. The van der Waals surface area contributed by atoms with Crippen LogP contribution in [0.2, 0.25) is 0 Å². The van der Waals surface area contributed by atoms with Crippen molar-refractivity contribution in [3.8, 4) is 5.69 Å². The highest BCUT2D eigenvalue weighted by atomic mass is 32.2. The smallest absolute Gasteiger partial charge is 0.276 e. The van der Waals surface area contributed by atoms with Crippen LogP contribution in [0.5, 0.6) is 0 Å². The van der Waals surface area contributed by atoms with Gasteiger partial charge in [-0.2, -0.15) is 5.10 Å². The molecule has 1 aromatic heterocycles. The first-order valence-electron chi connectivity index (χ1n) is 6.93. The third-order valence-corrected chi connectivity index (χ3v) is 4.02. The summed E-state index contributed by atoms with van der Waals surface area (Å²) in [6.45, 7) is 0. The Balaban J connectivity index is 1.76.